The van der Waals surface area contributed by atoms with Crippen LogP contribution < -0.4 is 24.4 Å². The van der Waals surface area contributed by atoms with E-state index in [-0.39, 0.29) is 30.6 Å². The van der Waals surface area contributed by atoms with Gasteiger partial charge in [0.25, 0.3) is 11.8 Å². The predicted octanol–water partition coefficient (Wildman–Crippen LogP) is 2.32. The fraction of sp³-hybridized carbons (Fsp3) is 0.364. The molecule has 1 unspecified atom stereocenters. The van der Waals surface area contributed by atoms with Crippen LogP contribution in [0, 0.1) is 0 Å². The zero-order valence-corrected chi connectivity index (χ0v) is 16.7. The Morgan fingerprint density at radius 2 is 2.00 bits per heavy atom. The van der Waals surface area contributed by atoms with E-state index in [9.17, 15) is 9.59 Å². The molecule has 0 radical (unpaired) electrons. The third-order valence-corrected chi connectivity index (χ3v) is 5.02. The molecule has 0 bridgehead atoms. The van der Waals surface area contributed by atoms with Crippen LogP contribution in [0.4, 0.5) is 5.69 Å². The Kier molecular flexibility index (Phi) is 4.82. The Labute approximate surface area is 169 Å². The summed E-state index contributed by atoms with van der Waals surface area (Å²) in [4.78, 5) is 26.6. The topological polar surface area (TPSA) is 77.1 Å². The highest BCUT2D eigenvalue weighted by atomic mass is 16.5. The lowest BCUT2D eigenvalue weighted by Gasteiger charge is -2.34. The van der Waals surface area contributed by atoms with E-state index in [0.29, 0.717) is 22.9 Å². The van der Waals surface area contributed by atoms with Gasteiger partial charge >= 0.3 is 0 Å². The number of nitrogens with one attached hydrogen (secondary N) is 1. The molecule has 29 heavy (non-hydrogen) atoms. The Bertz CT molecular complexity index is 956. The summed E-state index contributed by atoms with van der Waals surface area (Å²) < 4.78 is 17.6. The maximum Gasteiger partial charge on any atom is 0.265 e. The first-order valence-corrected chi connectivity index (χ1v) is 9.59. The molecule has 0 saturated heterocycles. The molecule has 0 fully saturated rings. The summed E-state index contributed by atoms with van der Waals surface area (Å²) in [5, 5.41) is 2.57. The van der Waals surface area contributed by atoms with Crippen molar-refractivity contribution in [3.8, 4) is 17.2 Å². The summed E-state index contributed by atoms with van der Waals surface area (Å²) in [5.74, 6) is 1.19. The minimum Gasteiger partial charge on any atom is -0.483 e. The minimum atomic E-state index is -0.774. The molecule has 1 atom stereocenters. The Morgan fingerprint density at radius 1 is 1.21 bits per heavy atom. The molecular formula is C22H24N2O5. The van der Waals surface area contributed by atoms with Crippen LogP contribution in [-0.4, -0.2) is 43.7 Å². The Balaban J connectivity index is 1.52. The summed E-state index contributed by atoms with van der Waals surface area (Å²) in [7, 11) is 1.54. The third kappa shape index (κ3) is 3.72. The molecule has 152 valence electrons. The minimum absolute atomic E-state index is 0.120. The highest BCUT2D eigenvalue weighted by Crippen LogP contribution is 2.42. The van der Waals surface area contributed by atoms with Crippen LogP contribution in [0.25, 0.3) is 0 Å². The second-order valence-electron chi connectivity index (χ2n) is 7.76. The molecule has 2 aliphatic rings. The van der Waals surface area contributed by atoms with Crippen molar-refractivity contribution >= 4 is 17.5 Å². The molecule has 0 aliphatic carbocycles. The third-order valence-electron chi connectivity index (χ3n) is 5.02. The summed E-state index contributed by atoms with van der Waals surface area (Å²) >= 11 is 0. The first kappa shape index (κ1) is 19.1. The highest BCUT2D eigenvalue weighted by molar-refractivity contribution is 5.98. The summed E-state index contributed by atoms with van der Waals surface area (Å²) in [6, 6.07) is 12.9. The normalized spacial score (nSPS) is 18.7. The van der Waals surface area contributed by atoms with Crippen LogP contribution in [0.1, 0.15) is 19.4 Å². The number of ether oxygens (including phenoxy) is 3. The van der Waals surface area contributed by atoms with Crippen molar-refractivity contribution in [1.29, 1.82) is 0 Å². The van der Waals surface area contributed by atoms with E-state index < -0.39 is 6.10 Å². The van der Waals surface area contributed by atoms with Gasteiger partial charge in [-0.1, -0.05) is 24.3 Å². The lowest BCUT2D eigenvalue weighted by molar-refractivity contribution is -0.128. The molecule has 2 aromatic carbocycles. The average Bonchev–Trinajstić information content (AvgIpc) is 3.04. The van der Waals surface area contributed by atoms with Crippen molar-refractivity contribution < 1.29 is 23.8 Å². The van der Waals surface area contributed by atoms with Crippen molar-refractivity contribution in [1.82, 2.24) is 5.32 Å². The monoisotopic (exact) mass is 396 g/mol. The average molecular weight is 396 g/mol. The number of hydrogen-bond acceptors (Lipinski definition) is 5. The maximum atomic E-state index is 13.0. The van der Waals surface area contributed by atoms with Crippen LogP contribution in [0.15, 0.2) is 42.5 Å². The fourth-order valence-corrected chi connectivity index (χ4v) is 3.69. The number of anilines is 1. The molecule has 0 saturated carbocycles. The lowest BCUT2D eigenvalue weighted by Crippen LogP contribution is -2.51. The number of fused-ring (bicyclic) bond motifs is 2. The van der Waals surface area contributed by atoms with Gasteiger partial charge in [0, 0.05) is 19.0 Å². The van der Waals surface area contributed by atoms with E-state index in [1.165, 1.54) is 4.90 Å². The number of carbonyl (C=O) groups excluding carboxylic acids is 2. The van der Waals surface area contributed by atoms with Gasteiger partial charge in [-0.2, -0.15) is 0 Å². The lowest BCUT2D eigenvalue weighted by atomic mass is 10.0. The van der Waals surface area contributed by atoms with Gasteiger partial charge < -0.3 is 24.4 Å². The van der Waals surface area contributed by atoms with Crippen LogP contribution in [0.2, 0.25) is 0 Å². The molecule has 0 spiro atoms. The van der Waals surface area contributed by atoms with Crippen LogP contribution in [0.3, 0.4) is 0 Å². The number of benzene rings is 2. The largest absolute Gasteiger partial charge is 0.483 e. The molecule has 2 amide bonds. The van der Waals surface area contributed by atoms with E-state index in [1.807, 2.05) is 32.0 Å². The predicted molar refractivity (Wildman–Crippen MR) is 108 cm³/mol. The SMILES string of the molecule is CNC(=O)C1CN(C(=O)COc2cccc3c2OC(C)(C)C3)c2ccccc2O1. The van der Waals surface area contributed by atoms with E-state index >= 15 is 0 Å². The van der Waals surface area contributed by atoms with Crippen molar-refractivity contribution in [2.24, 2.45) is 0 Å². The van der Waals surface area contributed by atoms with E-state index in [2.05, 4.69) is 5.32 Å². The molecule has 2 heterocycles. The summed E-state index contributed by atoms with van der Waals surface area (Å²) in [6.07, 6.45) is 0.0157. The highest BCUT2D eigenvalue weighted by Gasteiger charge is 2.35. The molecular weight excluding hydrogens is 372 g/mol. The first-order valence-electron chi connectivity index (χ1n) is 9.59. The van der Waals surface area contributed by atoms with Gasteiger partial charge in [-0.3, -0.25) is 9.59 Å². The summed E-state index contributed by atoms with van der Waals surface area (Å²) in [6.45, 7) is 3.99. The second kappa shape index (κ2) is 7.31. The van der Waals surface area contributed by atoms with Gasteiger partial charge in [-0.05, 0) is 32.0 Å². The molecule has 4 rings (SSSR count). The van der Waals surface area contributed by atoms with Gasteiger partial charge in [-0.25, -0.2) is 0 Å². The van der Waals surface area contributed by atoms with Gasteiger partial charge in [0.15, 0.2) is 24.2 Å². The number of likely N-dealkylation sites (N-methyl/N-ethyl adjacent to an activating group) is 1. The zero-order chi connectivity index (χ0) is 20.6. The van der Waals surface area contributed by atoms with Crippen molar-refractivity contribution in [3.63, 3.8) is 0 Å². The fourth-order valence-electron chi connectivity index (χ4n) is 3.69. The quantitative estimate of drug-likeness (QED) is 0.858. The van der Waals surface area contributed by atoms with Crippen LogP contribution in [-0.2, 0) is 16.0 Å². The molecule has 1 N–H and O–H groups in total. The zero-order valence-electron chi connectivity index (χ0n) is 16.7. The first-order chi connectivity index (χ1) is 13.9. The van der Waals surface area contributed by atoms with Crippen molar-refractivity contribution in [3.05, 3.63) is 48.0 Å². The second-order valence-corrected chi connectivity index (χ2v) is 7.76. The number of carbonyl (C=O) groups is 2. The number of nitrogens with zero attached hydrogens (tertiary/aromatic N) is 1. The molecule has 2 aliphatic heterocycles. The van der Waals surface area contributed by atoms with Crippen LogP contribution in [0.5, 0.6) is 17.2 Å². The maximum absolute atomic E-state index is 13.0. The van der Waals surface area contributed by atoms with E-state index in [1.54, 1.807) is 31.3 Å². The Hall–Kier alpha value is -3.22. The van der Waals surface area contributed by atoms with Gasteiger partial charge in [0.1, 0.15) is 11.4 Å². The van der Waals surface area contributed by atoms with E-state index in [4.69, 9.17) is 14.2 Å². The summed E-state index contributed by atoms with van der Waals surface area (Å²) in [5.41, 5.74) is 1.39. The number of hydrogen-bond donors (Lipinski definition) is 1. The van der Waals surface area contributed by atoms with Gasteiger partial charge in [0.05, 0.1) is 12.2 Å². The van der Waals surface area contributed by atoms with Crippen molar-refractivity contribution in [2.75, 3.05) is 25.1 Å². The van der Waals surface area contributed by atoms with Crippen molar-refractivity contribution in [2.45, 2.75) is 32.0 Å². The van der Waals surface area contributed by atoms with Crippen LogP contribution >= 0.6 is 0 Å². The van der Waals surface area contributed by atoms with E-state index in [0.717, 1.165) is 12.0 Å². The number of amides is 2. The Morgan fingerprint density at radius 3 is 2.79 bits per heavy atom. The smallest absolute Gasteiger partial charge is 0.265 e. The van der Waals surface area contributed by atoms with Gasteiger partial charge in [-0.15, -0.1) is 0 Å². The number of rotatable bonds is 4. The van der Waals surface area contributed by atoms with Gasteiger partial charge in [0.2, 0.25) is 0 Å². The molecule has 0 aromatic heterocycles. The number of para-hydroxylation sites is 3. The molecule has 7 heteroatoms. The molecule has 2 aromatic rings. The standard InChI is InChI=1S/C22H24N2O5/c1-22(2)11-14-7-6-10-17(20(14)29-22)27-13-19(25)24-12-18(21(26)23-3)28-16-9-5-4-8-15(16)24/h4-10,18H,11-13H2,1-3H3,(H,23,26). The molecule has 7 nitrogen and oxygen atoms in total.